The molecule has 0 saturated heterocycles. The van der Waals surface area contributed by atoms with Crippen molar-refractivity contribution in [1.82, 2.24) is 0 Å². The van der Waals surface area contributed by atoms with Crippen LogP contribution in [0.2, 0.25) is 0 Å². The summed E-state index contributed by atoms with van der Waals surface area (Å²) in [7, 11) is 0. The van der Waals surface area contributed by atoms with Crippen LogP contribution in [0.25, 0.3) is 0 Å². The molecule has 0 heteroatoms. The van der Waals surface area contributed by atoms with Gasteiger partial charge >= 0.3 is 0 Å². The predicted octanol–water partition coefficient (Wildman–Crippen LogP) is 6.45. The first-order valence-corrected chi connectivity index (χ1v) is 7.66. The molecule has 0 fully saturated rings. The van der Waals surface area contributed by atoms with Crippen LogP contribution in [-0.4, -0.2) is 0 Å². The zero-order chi connectivity index (χ0) is 14.0. The Bertz CT molecular complexity index is 291. The number of rotatable bonds is 9. The molecule has 0 N–H and O–H groups in total. The van der Waals surface area contributed by atoms with Crippen LogP contribution in [-0.2, 0) is 0 Å². The van der Waals surface area contributed by atoms with Crippen LogP contribution in [0.3, 0.4) is 0 Å². The quantitative estimate of drug-likeness (QED) is 0.411. The van der Waals surface area contributed by atoms with E-state index in [-0.39, 0.29) is 0 Å². The van der Waals surface area contributed by atoms with E-state index < -0.39 is 0 Å². The maximum Gasteiger partial charge on any atom is -0.0165 e. The standard InChI is InChI=1S/C18H32/c1-7-12-13-16(9-3)18(11-5)14-17(10-4)15(6)8-2/h11,14,16H,5,7-10,12-13H2,1-4,6H3/b17-15+,18-14+. The van der Waals surface area contributed by atoms with Gasteiger partial charge in [-0.3, -0.25) is 0 Å². The lowest BCUT2D eigenvalue weighted by molar-refractivity contribution is 0.523. The highest BCUT2D eigenvalue weighted by atomic mass is 14.1. The van der Waals surface area contributed by atoms with Gasteiger partial charge in [-0.1, -0.05) is 64.8 Å². The summed E-state index contributed by atoms with van der Waals surface area (Å²) in [5.41, 5.74) is 4.46. The second kappa shape index (κ2) is 10.2. The number of allylic oxidation sites excluding steroid dienone is 5. The van der Waals surface area contributed by atoms with Crippen LogP contribution in [0.15, 0.2) is 35.5 Å². The zero-order valence-electron chi connectivity index (χ0n) is 13.2. The second-order valence-corrected chi connectivity index (χ2v) is 5.11. The summed E-state index contributed by atoms with van der Waals surface area (Å²) < 4.78 is 0. The average molecular weight is 248 g/mol. The fraction of sp³-hybridized carbons (Fsp3) is 0.667. The van der Waals surface area contributed by atoms with Gasteiger partial charge in [0.2, 0.25) is 0 Å². The molecule has 0 aromatic carbocycles. The van der Waals surface area contributed by atoms with Gasteiger partial charge in [0.05, 0.1) is 0 Å². The molecule has 0 aliphatic rings. The van der Waals surface area contributed by atoms with Crippen molar-refractivity contribution in [2.24, 2.45) is 5.92 Å². The lowest BCUT2D eigenvalue weighted by atomic mass is 9.88. The minimum Gasteiger partial charge on any atom is -0.0988 e. The fourth-order valence-electron chi connectivity index (χ4n) is 2.36. The lowest BCUT2D eigenvalue weighted by Crippen LogP contribution is -2.02. The Labute approximate surface area is 115 Å². The summed E-state index contributed by atoms with van der Waals surface area (Å²) in [6.07, 6.45) is 11.9. The van der Waals surface area contributed by atoms with Gasteiger partial charge in [0.1, 0.15) is 0 Å². The molecule has 1 unspecified atom stereocenters. The number of unbranched alkanes of at least 4 members (excludes halogenated alkanes) is 1. The Morgan fingerprint density at radius 1 is 1.11 bits per heavy atom. The van der Waals surface area contributed by atoms with E-state index in [0.29, 0.717) is 5.92 Å². The van der Waals surface area contributed by atoms with E-state index in [1.165, 1.54) is 42.4 Å². The average Bonchev–Trinajstić information content (AvgIpc) is 2.41. The maximum atomic E-state index is 4.02. The largest absolute Gasteiger partial charge is 0.0988 e. The van der Waals surface area contributed by atoms with Crippen molar-refractivity contribution in [3.63, 3.8) is 0 Å². The Balaban J connectivity index is 5.07. The first kappa shape index (κ1) is 17.2. The van der Waals surface area contributed by atoms with Crippen molar-refractivity contribution in [3.8, 4) is 0 Å². The van der Waals surface area contributed by atoms with Gasteiger partial charge < -0.3 is 0 Å². The van der Waals surface area contributed by atoms with Crippen molar-refractivity contribution >= 4 is 0 Å². The number of hydrogen-bond acceptors (Lipinski definition) is 0. The summed E-state index contributed by atoms with van der Waals surface area (Å²) in [5, 5.41) is 0. The SMILES string of the molecule is C=C/C(=C\C(CC)=C(/C)CC)C(CC)CCCC. The molecule has 0 spiro atoms. The topological polar surface area (TPSA) is 0 Å². The molecular weight excluding hydrogens is 216 g/mol. The maximum absolute atomic E-state index is 4.02. The molecule has 18 heavy (non-hydrogen) atoms. The zero-order valence-corrected chi connectivity index (χ0v) is 13.2. The van der Waals surface area contributed by atoms with E-state index in [1.807, 2.05) is 0 Å². The van der Waals surface area contributed by atoms with Crippen LogP contribution >= 0.6 is 0 Å². The Morgan fingerprint density at radius 3 is 2.17 bits per heavy atom. The molecule has 1 atom stereocenters. The molecule has 0 aliphatic carbocycles. The third-order valence-electron chi connectivity index (χ3n) is 3.91. The predicted molar refractivity (Wildman–Crippen MR) is 84.9 cm³/mol. The fourth-order valence-corrected chi connectivity index (χ4v) is 2.36. The smallest absolute Gasteiger partial charge is 0.0165 e. The minimum absolute atomic E-state index is 0.689. The number of hydrogen-bond donors (Lipinski definition) is 0. The molecule has 104 valence electrons. The monoisotopic (exact) mass is 248 g/mol. The van der Waals surface area contributed by atoms with Crippen molar-refractivity contribution in [2.75, 3.05) is 0 Å². The first-order chi connectivity index (χ1) is 8.64. The highest BCUT2D eigenvalue weighted by Gasteiger charge is 2.10. The molecule has 0 nitrogen and oxygen atoms in total. The van der Waals surface area contributed by atoms with Crippen LogP contribution in [0.5, 0.6) is 0 Å². The van der Waals surface area contributed by atoms with E-state index >= 15 is 0 Å². The van der Waals surface area contributed by atoms with E-state index in [0.717, 1.165) is 12.8 Å². The summed E-state index contributed by atoms with van der Waals surface area (Å²) >= 11 is 0. The molecule has 0 bridgehead atoms. The van der Waals surface area contributed by atoms with Gasteiger partial charge in [-0.15, -0.1) is 0 Å². The molecule has 0 saturated carbocycles. The highest BCUT2D eigenvalue weighted by molar-refractivity contribution is 5.33. The molecule has 0 amide bonds. The highest BCUT2D eigenvalue weighted by Crippen LogP contribution is 2.25. The van der Waals surface area contributed by atoms with Crippen molar-refractivity contribution in [2.45, 2.75) is 73.1 Å². The van der Waals surface area contributed by atoms with Gasteiger partial charge in [0.25, 0.3) is 0 Å². The molecule has 0 aliphatic heterocycles. The summed E-state index contributed by atoms with van der Waals surface area (Å²) in [5.74, 6) is 0.689. The van der Waals surface area contributed by atoms with Crippen molar-refractivity contribution in [1.29, 1.82) is 0 Å². The van der Waals surface area contributed by atoms with Crippen molar-refractivity contribution in [3.05, 3.63) is 35.5 Å². The second-order valence-electron chi connectivity index (χ2n) is 5.11. The Kier molecular flexibility index (Phi) is 9.73. The molecule has 0 rings (SSSR count). The van der Waals surface area contributed by atoms with Gasteiger partial charge in [-0.25, -0.2) is 0 Å². The third kappa shape index (κ3) is 5.71. The normalized spacial score (nSPS) is 15.3. The van der Waals surface area contributed by atoms with E-state index in [4.69, 9.17) is 0 Å². The van der Waals surface area contributed by atoms with Crippen LogP contribution in [0.1, 0.15) is 73.1 Å². The first-order valence-electron chi connectivity index (χ1n) is 7.66. The van der Waals surface area contributed by atoms with Gasteiger partial charge in [0, 0.05) is 0 Å². The molecule has 0 aromatic heterocycles. The molecule has 0 heterocycles. The Morgan fingerprint density at radius 2 is 1.78 bits per heavy atom. The van der Waals surface area contributed by atoms with Crippen LogP contribution < -0.4 is 0 Å². The van der Waals surface area contributed by atoms with Crippen LogP contribution in [0.4, 0.5) is 0 Å². The summed E-state index contributed by atoms with van der Waals surface area (Å²) in [6.45, 7) is 15.3. The molecular formula is C18H32. The van der Waals surface area contributed by atoms with Gasteiger partial charge in [0.15, 0.2) is 0 Å². The molecule has 0 radical (unpaired) electrons. The third-order valence-corrected chi connectivity index (χ3v) is 3.91. The van der Waals surface area contributed by atoms with Gasteiger partial charge in [-0.05, 0) is 49.7 Å². The molecule has 0 aromatic rings. The van der Waals surface area contributed by atoms with E-state index in [1.54, 1.807) is 0 Å². The minimum atomic E-state index is 0.689. The lowest BCUT2D eigenvalue weighted by Gasteiger charge is -2.17. The van der Waals surface area contributed by atoms with Crippen LogP contribution in [0, 0.1) is 5.92 Å². The Hall–Kier alpha value is -0.780. The van der Waals surface area contributed by atoms with Gasteiger partial charge in [-0.2, -0.15) is 0 Å². The summed E-state index contributed by atoms with van der Waals surface area (Å²) in [4.78, 5) is 0. The van der Waals surface area contributed by atoms with E-state index in [9.17, 15) is 0 Å². The van der Waals surface area contributed by atoms with Crippen molar-refractivity contribution < 1.29 is 0 Å². The van der Waals surface area contributed by atoms with E-state index in [2.05, 4.69) is 53.3 Å². The summed E-state index contributed by atoms with van der Waals surface area (Å²) in [6, 6.07) is 0.